The molecule has 42 heavy (non-hydrogen) atoms. The van der Waals surface area contributed by atoms with Crippen LogP contribution in [0.4, 0.5) is 5.69 Å². The molecule has 0 saturated carbocycles. The molecule has 0 bridgehead atoms. The van der Waals surface area contributed by atoms with Crippen molar-refractivity contribution >= 4 is 23.4 Å². The van der Waals surface area contributed by atoms with Crippen LogP contribution in [0.1, 0.15) is 67.4 Å². The van der Waals surface area contributed by atoms with Gasteiger partial charge < -0.3 is 14.4 Å². The van der Waals surface area contributed by atoms with Gasteiger partial charge in [-0.15, -0.1) is 11.8 Å². The first kappa shape index (κ1) is 30.5. The number of aryl methyl sites for hydroxylation is 1. The summed E-state index contributed by atoms with van der Waals surface area (Å²) >= 11 is 1.96. The summed E-state index contributed by atoms with van der Waals surface area (Å²) in [5, 5.41) is 0. The molecule has 3 aromatic carbocycles. The van der Waals surface area contributed by atoms with Crippen LogP contribution in [0.5, 0.6) is 5.75 Å². The van der Waals surface area contributed by atoms with Crippen LogP contribution in [0.15, 0.2) is 71.6 Å². The summed E-state index contributed by atoms with van der Waals surface area (Å²) in [7, 11) is 0. The molecular weight excluding hydrogens is 540 g/mol. The van der Waals surface area contributed by atoms with E-state index < -0.39 is 0 Å². The van der Waals surface area contributed by atoms with Gasteiger partial charge in [-0.05, 0) is 105 Å². The average molecular weight is 587 g/mol. The molecule has 1 heterocycles. The SMILES string of the molecule is CCCSc1ccccc1N1CCN(CCC[C@H](OC(=O)COc2ccc3c(c2C)CCCC3)c2ccccc2)CC1. The number of thioether (sulfide) groups is 1. The minimum Gasteiger partial charge on any atom is -0.482 e. The molecule has 2 aliphatic rings. The molecule has 5 nitrogen and oxygen atoms in total. The number of nitrogens with zero attached hydrogens (tertiary/aromatic N) is 2. The van der Waals surface area contributed by atoms with Crippen molar-refractivity contribution in [1.29, 1.82) is 0 Å². The molecule has 0 spiro atoms. The zero-order chi connectivity index (χ0) is 29.1. The van der Waals surface area contributed by atoms with E-state index >= 15 is 0 Å². The van der Waals surface area contributed by atoms with Crippen molar-refractivity contribution in [2.24, 2.45) is 0 Å². The second-order valence-corrected chi connectivity index (χ2v) is 12.6. The van der Waals surface area contributed by atoms with E-state index in [9.17, 15) is 4.79 Å². The number of carbonyl (C=O) groups excluding carboxylic acids is 1. The smallest absolute Gasteiger partial charge is 0.344 e. The van der Waals surface area contributed by atoms with Gasteiger partial charge in [-0.2, -0.15) is 0 Å². The standard InChI is InChI=1S/C36H46N2O3S/c1-3-26-42-35-18-10-9-16-32(35)38-24-22-37(23-25-38)21-11-17-34(30-13-5-4-6-14-30)41-36(39)27-40-33-20-19-29-12-7-8-15-31(29)28(33)2/h4-6,9-10,13-14,16,18-20,34H,3,7-8,11-12,15,17,21-27H2,1-2H3/t34-/m0/s1. The Labute approximate surface area is 256 Å². The zero-order valence-electron chi connectivity index (χ0n) is 25.4. The Hall–Kier alpha value is -2.96. The molecule has 5 rings (SSSR count). The number of hydrogen-bond donors (Lipinski definition) is 0. The molecule has 1 saturated heterocycles. The monoisotopic (exact) mass is 586 g/mol. The number of fused-ring (bicyclic) bond motifs is 1. The molecule has 0 aromatic heterocycles. The summed E-state index contributed by atoms with van der Waals surface area (Å²) in [6.07, 6.45) is 7.40. The van der Waals surface area contributed by atoms with Crippen LogP contribution >= 0.6 is 11.8 Å². The Bertz CT molecular complexity index is 1290. The molecule has 6 heteroatoms. The maximum Gasteiger partial charge on any atom is 0.344 e. The summed E-state index contributed by atoms with van der Waals surface area (Å²) in [4.78, 5) is 19.4. The van der Waals surface area contributed by atoms with E-state index in [4.69, 9.17) is 9.47 Å². The van der Waals surface area contributed by atoms with Crippen molar-refractivity contribution in [1.82, 2.24) is 4.90 Å². The van der Waals surface area contributed by atoms with Crippen molar-refractivity contribution in [2.45, 2.75) is 69.8 Å². The highest BCUT2D eigenvalue weighted by Gasteiger charge is 2.22. The van der Waals surface area contributed by atoms with Gasteiger partial charge in [-0.25, -0.2) is 4.79 Å². The van der Waals surface area contributed by atoms with Crippen LogP contribution in [0.3, 0.4) is 0 Å². The zero-order valence-corrected chi connectivity index (χ0v) is 26.2. The molecule has 3 aromatic rings. The molecule has 0 unspecified atom stereocenters. The summed E-state index contributed by atoms with van der Waals surface area (Å²) in [5.74, 6) is 1.65. The summed E-state index contributed by atoms with van der Waals surface area (Å²) < 4.78 is 12.0. The topological polar surface area (TPSA) is 42.0 Å². The van der Waals surface area contributed by atoms with Gasteiger partial charge in [0.05, 0.1) is 5.69 Å². The number of rotatable bonds is 13. The summed E-state index contributed by atoms with van der Waals surface area (Å²) in [6.45, 7) is 9.48. The highest BCUT2D eigenvalue weighted by molar-refractivity contribution is 7.99. The van der Waals surface area contributed by atoms with Gasteiger partial charge in [0.15, 0.2) is 6.61 Å². The van der Waals surface area contributed by atoms with E-state index in [-0.39, 0.29) is 18.7 Å². The number of hydrogen-bond acceptors (Lipinski definition) is 6. The number of benzene rings is 3. The highest BCUT2D eigenvalue weighted by Crippen LogP contribution is 2.32. The molecule has 0 amide bonds. The van der Waals surface area contributed by atoms with E-state index in [1.807, 2.05) is 36.0 Å². The first-order chi connectivity index (χ1) is 20.6. The lowest BCUT2D eigenvalue weighted by atomic mass is 9.88. The number of para-hydroxylation sites is 1. The minimum atomic E-state index is -0.311. The fraction of sp³-hybridized carbons (Fsp3) is 0.472. The van der Waals surface area contributed by atoms with Crippen molar-refractivity contribution in [3.63, 3.8) is 0 Å². The van der Waals surface area contributed by atoms with Gasteiger partial charge in [0.25, 0.3) is 0 Å². The number of ether oxygens (including phenoxy) is 2. The van der Waals surface area contributed by atoms with Crippen LogP contribution in [-0.2, 0) is 22.4 Å². The fourth-order valence-electron chi connectivity index (χ4n) is 6.20. The second kappa shape index (κ2) is 15.5. The lowest BCUT2D eigenvalue weighted by Crippen LogP contribution is -2.46. The normalized spacial score (nSPS) is 16.1. The highest BCUT2D eigenvalue weighted by atomic mass is 32.2. The Kier molecular flexibility index (Phi) is 11.2. The Balaban J connectivity index is 1.11. The van der Waals surface area contributed by atoms with Crippen molar-refractivity contribution < 1.29 is 14.3 Å². The maximum atomic E-state index is 13.0. The molecule has 0 N–H and O–H groups in total. The van der Waals surface area contributed by atoms with Gasteiger partial charge in [-0.1, -0.05) is 55.5 Å². The maximum absolute atomic E-state index is 13.0. The van der Waals surface area contributed by atoms with Crippen molar-refractivity contribution in [3.8, 4) is 5.75 Å². The van der Waals surface area contributed by atoms with E-state index in [0.717, 1.165) is 75.5 Å². The largest absolute Gasteiger partial charge is 0.482 e. The van der Waals surface area contributed by atoms with E-state index in [1.165, 1.54) is 46.5 Å². The van der Waals surface area contributed by atoms with Gasteiger partial charge in [0.1, 0.15) is 11.9 Å². The van der Waals surface area contributed by atoms with Crippen LogP contribution in [0, 0.1) is 6.92 Å². The Morgan fingerprint density at radius 2 is 1.69 bits per heavy atom. The second-order valence-electron chi connectivity index (χ2n) is 11.5. The number of carbonyl (C=O) groups is 1. The fourth-order valence-corrected chi connectivity index (χ4v) is 7.15. The minimum absolute atomic E-state index is 0.0665. The molecule has 1 fully saturated rings. The molecule has 224 valence electrons. The molecule has 1 atom stereocenters. The van der Waals surface area contributed by atoms with Gasteiger partial charge in [0, 0.05) is 31.1 Å². The van der Waals surface area contributed by atoms with Crippen molar-refractivity contribution in [3.05, 3.63) is 89.0 Å². The van der Waals surface area contributed by atoms with E-state index in [0.29, 0.717) is 0 Å². The number of esters is 1. The van der Waals surface area contributed by atoms with Gasteiger partial charge >= 0.3 is 5.97 Å². The first-order valence-corrected chi connectivity index (χ1v) is 16.8. The van der Waals surface area contributed by atoms with Crippen LogP contribution < -0.4 is 9.64 Å². The van der Waals surface area contributed by atoms with Gasteiger partial charge in [0.2, 0.25) is 0 Å². The lowest BCUT2D eigenvalue weighted by Gasteiger charge is -2.37. The predicted octanol–water partition coefficient (Wildman–Crippen LogP) is 7.64. The Morgan fingerprint density at radius 3 is 2.50 bits per heavy atom. The molecule has 1 aliphatic carbocycles. The predicted molar refractivity (Wildman–Crippen MR) is 174 cm³/mol. The average Bonchev–Trinajstić information content (AvgIpc) is 3.04. The van der Waals surface area contributed by atoms with Crippen LogP contribution in [0.25, 0.3) is 0 Å². The van der Waals surface area contributed by atoms with E-state index in [2.05, 4.69) is 66.1 Å². The van der Waals surface area contributed by atoms with Crippen LogP contribution in [0.2, 0.25) is 0 Å². The third-order valence-electron chi connectivity index (χ3n) is 8.54. The first-order valence-electron chi connectivity index (χ1n) is 15.8. The lowest BCUT2D eigenvalue weighted by molar-refractivity contribution is -0.152. The molecule has 0 radical (unpaired) electrons. The number of anilines is 1. The quantitative estimate of drug-likeness (QED) is 0.151. The van der Waals surface area contributed by atoms with Crippen LogP contribution in [-0.4, -0.2) is 56.0 Å². The molecule has 1 aliphatic heterocycles. The summed E-state index contributed by atoms with van der Waals surface area (Å²) in [6, 6.07) is 23.1. The molecular formula is C36H46N2O3S. The summed E-state index contributed by atoms with van der Waals surface area (Å²) in [5.41, 5.74) is 6.41. The Morgan fingerprint density at radius 1 is 0.929 bits per heavy atom. The third kappa shape index (κ3) is 8.11. The third-order valence-corrected chi connectivity index (χ3v) is 9.81. The van der Waals surface area contributed by atoms with Crippen molar-refractivity contribution in [2.75, 3.05) is 50.0 Å². The van der Waals surface area contributed by atoms with Gasteiger partial charge in [-0.3, -0.25) is 4.90 Å². The number of piperazine rings is 1. The van der Waals surface area contributed by atoms with E-state index in [1.54, 1.807) is 0 Å².